The first-order chi connectivity index (χ1) is 12.8. The van der Waals surface area contributed by atoms with Crippen LogP contribution < -0.4 is 10.4 Å². The van der Waals surface area contributed by atoms with E-state index in [2.05, 4.69) is 9.97 Å². The van der Waals surface area contributed by atoms with E-state index in [1.54, 1.807) is 17.3 Å². The lowest BCUT2D eigenvalue weighted by Gasteiger charge is -2.36. The second kappa shape index (κ2) is 6.69. The van der Waals surface area contributed by atoms with E-state index in [0.29, 0.717) is 16.3 Å². The molecule has 2 fully saturated rings. The predicted octanol–water partition coefficient (Wildman–Crippen LogP) is 1.41. The molecule has 0 spiro atoms. The summed E-state index contributed by atoms with van der Waals surface area (Å²) < 4.78 is 50.0. The van der Waals surface area contributed by atoms with E-state index in [1.165, 1.54) is 0 Å². The van der Waals surface area contributed by atoms with Crippen molar-refractivity contribution in [2.75, 3.05) is 24.5 Å². The van der Waals surface area contributed by atoms with E-state index in [4.69, 9.17) is 20.1 Å². The van der Waals surface area contributed by atoms with Gasteiger partial charge in [0.1, 0.15) is 5.84 Å². The van der Waals surface area contributed by atoms with E-state index in [-0.39, 0.29) is 25.5 Å². The van der Waals surface area contributed by atoms with E-state index < -0.39 is 30.3 Å². The Hall–Kier alpha value is -2.21. The van der Waals surface area contributed by atoms with Gasteiger partial charge in [-0.1, -0.05) is 0 Å². The van der Waals surface area contributed by atoms with Crippen molar-refractivity contribution in [2.45, 2.75) is 45.1 Å². The molecule has 0 unspecified atom stereocenters. The molecule has 2 aliphatic rings. The number of nitrogens with zero attached hydrogens (tertiary/aromatic N) is 4. The summed E-state index contributed by atoms with van der Waals surface area (Å²) in [6, 6.07) is 0. The van der Waals surface area contributed by atoms with Gasteiger partial charge < -0.3 is 19.1 Å². The molecule has 0 atom stereocenters. The minimum absolute atomic E-state index is 0.117. The summed E-state index contributed by atoms with van der Waals surface area (Å²) in [5, 5.41) is 15.1. The molecule has 2 aliphatic heterocycles. The second-order valence-corrected chi connectivity index (χ2v) is 7.77. The third-order valence-corrected chi connectivity index (χ3v) is 5.26. The smallest absolute Gasteiger partial charge is 0.399 e. The van der Waals surface area contributed by atoms with Crippen LogP contribution in [0.2, 0.25) is 0 Å². The van der Waals surface area contributed by atoms with Crippen LogP contribution in [0.3, 0.4) is 0 Å². The fourth-order valence-corrected chi connectivity index (χ4v) is 2.87. The maximum Gasteiger partial charge on any atom is 0.498 e. The van der Waals surface area contributed by atoms with Gasteiger partial charge in [0.2, 0.25) is 11.8 Å². The van der Waals surface area contributed by atoms with Crippen LogP contribution >= 0.6 is 0 Å². The lowest BCUT2D eigenvalue weighted by molar-refractivity contribution is -0.0671. The zero-order chi connectivity index (χ0) is 20.9. The minimum atomic E-state index is -4.78. The standard InChI is InChI=1S/C16H22BF3N6O2/c1-14(2)15(3,4)28-17(27-14)10-7-23-13(24-8-10)25-5-6-26(11(21)9-25)12(22)16(18,19)20/h7-8,21-22H,5-6,9H2,1-4H3. The number of piperazine rings is 1. The van der Waals surface area contributed by atoms with Crippen molar-refractivity contribution in [3.05, 3.63) is 12.4 Å². The molecule has 1 aromatic rings. The van der Waals surface area contributed by atoms with Gasteiger partial charge in [-0.25, -0.2) is 9.97 Å². The molecule has 2 N–H and O–H groups in total. The molecular formula is C16H22BF3N6O2. The summed E-state index contributed by atoms with van der Waals surface area (Å²) in [6.07, 6.45) is -1.67. The van der Waals surface area contributed by atoms with Crippen molar-refractivity contribution in [1.29, 1.82) is 10.8 Å². The third-order valence-electron chi connectivity index (χ3n) is 5.26. The number of alkyl halides is 3. The Labute approximate surface area is 161 Å². The van der Waals surface area contributed by atoms with Gasteiger partial charge in [-0.3, -0.25) is 10.8 Å². The molecule has 0 saturated carbocycles. The topological polar surface area (TPSA) is 98.4 Å². The number of rotatable bonds is 2. The summed E-state index contributed by atoms with van der Waals surface area (Å²) in [4.78, 5) is 10.8. The molecule has 2 saturated heterocycles. The molecular weight excluding hydrogens is 376 g/mol. The van der Waals surface area contributed by atoms with Crippen LogP contribution in [0.15, 0.2) is 12.4 Å². The first-order valence-corrected chi connectivity index (χ1v) is 8.75. The van der Waals surface area contributed by atoms with Crippen molar-refractivity contribution in [2.24, 2.45) is 0 Å². The van der Waals surface area contributed by atoms with Crippen LogP contribution in [0.1, 0.15) is 27.7 Å². The predicted molar refractivity (Wildman–Crippen MR) is 98.2 cm³/mol. The molecule has 3 rings (SSSR count). The number of halogens is 3. The monoisotopic (exact) mass is 398 g/mol. The van der Waals surface area contributed by atoms with Gasteiger partial charge in [0, 0.05) is 30.9 Å². The summed E-state index contributed by atoms with van der Waals surface area (Å²) in [5.41, 5.74) is -0.356. The number of hydrogen-bond donors (Lipinski definition) is 2. The Bertz CT molecular complexity index is 768. The van der Waals surface area contributed by atoms with Crippen molar-refractivity contribution in [3.63, 3.8) is 0 Å². The molecule has 12 heteroatoms. The first kappa shape index (κ1) is 20.5. The molecule has 3 heterocycles. The van der Waals surface area contributed by atoms with Gasteiger partial charge in [-0.2, -0.15) is 13.2 Å². The quantitative estimate of drug-likeness (QED) is 0.444. The van der Waals surface area contributed by atoms with Crippen LogP contribution in [-0.4, -0.2) is 70.7 Å². The average molecular weight is 398 g/mol. The van der Waals surface area contributed by atoms with Gasteiger partial charge in [-0.15, -0.1) is 0 Å². The fourth-order valence-electron chi connectivity index (χ4n) is 2.87. The van der Waals surface area contributed by atoms with Crippen molar-refractivity contribution >= 4 is 30.2 Å². The van der Waals surface area contributed by atoms with Crippen molar-refractivity contribution < 1.29 is 22.5 Å². The Morgan fingerprint density at radius 2 is 1.64 bits per heavy atom. The third kappa shape index (κ3) is 3.70. The molecule has 0 aliphatic carbocycles. The fraction of sp³-hybridized carbons (Fsp3) is 0.625. The second-order valence-electron chi connectivity index (χ2n) is 7.77. The zero-order valence-electron chi connectivity index (χ0n) is 16.1. The van der Waals surface area contributed by atoms with Gasteiger partial charge >= 0.3 is 13.3 Å². The Morgan fingerprint density at radius 3 is 2.11 bits per heavy atom. The molecule has 0 aromatic carbocycles. The van der Waals surface area contributed by atoms with E-state index in [0.717, 1.165) is 0 Å². The summed E-state index contributed by atoms with van der Waals surface area (Å²) in [6.45, 7) is 7.65. The SMILES string of the molecule is CC1(C)OB(c2cnc(N3CCN(C(=N)C(F)(F)F)C(=N)C3)nc2)OC1(C)C. The molecule has 0 amide bonds. The number of aromatic nitrogens is 2. The van der Waals surface area contributed by atoms with Gasteiger partial charge in [0.25, 0.3) is 0 Å². The molecule has 8 nitrogen and oxygen atoms in total. The highest BCUT2D eigenvalue weighted by atomic mass is 19.4. The van der Waals surface area contributed by atoms with Crippen LogP contribution in [0.25, 0.3) is 0 Å². The first-order valence-electron chi connectivity index (χ1n) is 8.75. The summed E-state index contributed by atoms with van der Waals surface area (Å²) >= 11 is 0. The lowest BCUT2D eigenvalue weighted by atomic mass is 9.81. The van der Waals surface area contributed by atoms with E-state index >= 15 is 0 Å². The normalized spacial score (nSPS) is 22.0. The number of amidine groups is 2. The Balaban J connectivity index is 1.67. The van der Waals surface area contributed by atoms with Gasteiger partial charge in [0.15, 0.2) is 0 Å². The van der Waals surface area contributed by atoms with Crippen LogP contribution in [0.4, 0.5) is 19.1 Å². The number of hydrogen-bond acceptors (Lipinski definition) is 7. The zero-order valence-corrected chi connectivity index (χ0v) is 16.1. The minimum Gasteiger partial charge on any atom is -0.399 e. The van der Waals surface area contributed by atoms with Crippen LogP contribution in [0, 0.1) is 10.8 Å². The highest BCUT2D eigenvalue weighted by Gasteiger charge is 2.52. The van der Waals surface area contributed by atoms with Crippen molar-refractivity contribution in [3.8, 4) is 0 Å². The largest absolute Gasteiger partial charge is 0.498 e. The maximum atomic E-state index is 12.7. The van der Waals surface area contributed by atoms with E-state index in [1.807, 2.05) is 27.7 Å². The lowest BCUT2D eigenvalue weighted by Crippen LogP contribution is -2.55. The van der Waals surface area contributed by atoms with Gasteiger partial charge in [0.05, 0.1) is 17.7 Å². The average Bonchev–Trinajstić information content (AvgIpc) is 2.81. The Kier molecular flexibility index (Phi) is 4.91. The van der Waals surface area contributed by atoms with Crippen LogP contribution in [0.5, 0.6) is 0 Å². The van der Waals surface area contributed by atoms with Crippen molar-refractivity contribution in [1.82, 2.24) is 14.9 Å². The maximum absolute atomic E-state index is 12.7. The molecule has 28 heavy (non-hydrogen) atoms. The molecule has 0 radical (unpaired) electrons. The number of nitrogens with one attached hydrogen (secondary N) is 2. The molecule has 1 aromatic heterocycles. The molecule has 152 valence electrons. The molecule has 0 bridgehead atoms. The number of anilines is 1. The Morgan fingerprint density at radius 1 is 1.11 bits per heavy atom. The highest BCUT2D eigenvalue weighted by Crippen LogP contribution is 2.36. The van der Waals surface area contributed by atoms with E-state index in [9.17, 15) is 13.2 Å². The van der Waals surface area contributed by atoms with Gasteiger partial charge in [-0.05, 0) is 27.7 Å². The summed E-state index contributed by atoms with van der Waals surface area (Å²) in [5.74, 6) is -1.57. The highest BCUT2D eigenvalue weighted by molar-refractivity contribution is 6.61. The summed E-state index contributed by atoms with van der Waals surface area (Å²) in [7, 11) is -0.610. The van der Waals surface area contributed by atoms with Crippen LogP contribution in [-0.2, 0) is 9.31 Å².